The molecule has 0 amide bonds. The second-order valence-electron chi connectivity index (χ2n) is 21.6. The van der Waals surface area contributed by atoms with E-state index >= 15 is 0 Å². The fourth-order valence-corrected chi connectivity index (χ4v) is 11.8. The first-order chi connectivity index (χ1) is 31.7. The topological polar surface area (TPSA) is 47.3 Å². The molecule has 0 bridgehead atoms. The Morgan fingerprint density at radius 2 is 1.26 bits per heavy atom. The van der Waals surface area contributed by atoms with E-state index in [1.165, 1.54) is 77.4 Å². The zero-order chi connectivity index (χ0) is 44.8. The highest BCUT2D eigenvalue weighted by molar-refractivity contribution is 6.93. The summed E-state index contributed by atoms with van der Waals surface area (Å²) in [6.07, 6.45) is 0. The molecular weight excluding hydrogens is 805 g/mol. The minimum absolute atomic E-state index is 0.0109. The van der Waals surface area contributed by atoms with Gasteiger partial charge in [0.15, 0.2) is 5.58 Å². The standard InChI is InChI=1S/C60H48BN3O2/c1-58(2,3)34-18-21-36(22-19-34)64-50-29-41-37-23-20-35(59(4,5)6)26-45(37)60(7,8)46(41)28-43(50)39-24-25-40-42-27-44-38-16-12-13-17-52(38)65-53(44)31-49(42)63-51-32-54-48(30-47(51)61(64)55(39)56(40)63)62-57(66-54)33-14-10-9-11-15-33/h9-32H,1-8H3. The molecule has 5 heterocycles. The normalized spacial score (nSPS) is 14.7. The van der Waals surface area contributed by atoms with Gasteiger partial charge in [-0.1, -0.05) is 134 Å². The monoisotopic (exact) mass is 853 g/mol. The van der Waals surface area contributed by atoms with Crippen LogP contribution in [0.1, 0.15) is 77.6 Å². The number of anilines is 2. The summed E-state index contributed by atoms with van der Waals surface area (Å²) in [5.41, 5.74) is 23.1. The Bertz CT molecular complexity index is 3930. The minimum atomic E-state index is -0.189. The van der Waals surface area contributed by atoms with Gasteiger partial charge < -0.3 is 18.2 Å². The number of rotatable bonds is 2. The summed E-state index contributed by atoms with van der Waals surface area (Å²) >= 11 is 0. The number of fused-ring (bicyclic) bond motifs is 15. The smallest absolute Gasteiger partial charge is 0.333 e. The van der Waals surface area contributed by atoms with Gasteiger partial charge in [-0.25, -0.2) is 4.98 Å². The molecule has 0 saturated heterocycles. The quantitative estimate of drug-likeness (QED) is 0.163. The highest BCUT2D eigenvalue weighted by Gasteiger charge is 2.46. The fourth-order valence-electron chi connectivity index (χ4n) is 11.8. The maximum absolute atomic E-state index is 6.70. The van der Waals surface area contributed by atoms with Gasteiger partial charge in [-0.2, -0.15) is 0 Å². The second-order valence-corrected chi connectivity index (χ2v) is 21.6. The zero-order valence-electron chi connectivity index (χ0n) is 38.6. The van der Waals surface area contributed by atoms with E-state index < -0.39 is 0 Å². The molecule has 0 spiro atoms. The summed E-state index contributed by atoms with van der Waals surface area (Å²) in [6.45, 7) is 18.5. The molecule has 318 valence electrons. The Morgan fingerprint density at radius 1 is 0.530 bits per heavy atom. The van der Waals surface area contributed by atoms with Crippen molar-refractivity contribution in [2.24, 2.45) is 0 Å². The molecule has 0 radical (unpaired) electrons. The summed E-state index contributed by atoms with van der Waals surface area (Å²) in [7, 11) is 0. The van der Waals surface area contributed by atoms with Crippen molar-refractivity contribution < 1.29 is 8.83 Å². The first-order valence-electron chi connectivity index (χ1n) is 23.4. The van der Waals surface area contributed by atoms with E-state index in [1.54, 1.807) is 0 Å². The summed E-state index contributed by atoms with van der Waals surface area (Å²) in [4.78, 5) is 7.84. The lowest BCUT2D eigenvalue weighted by molar-refractivity contribution is 0.584. The molecule has 0 unspecified atom stereocenters. The molecule has 6 heteroatoms. The van der Waals surface area contributed by atoms with Gasteiger partial charge in [0.2, 0.25) is 5.89 Å². The molecule has 0 fully saturated rings. The molecule has 8 aromatic carbocycles. The lowest BCUT2D eigenvalue weighted by atomic mass is 9.44. The number of oxazole rings is 1. The Balaban J connectivity index is 1.12. The molecule has 14 rings (SSSR count). The van der Waals surface area contributed by atoms with Gasteiger partial charge >= 0.3 is 6.85 Å². The van der Waals surface area contributed by atoms with Crippen molar-refractivity contribution >= 4 is 84.0 Å². The van der Waals surface area contributed by atoms with Crippen LogP contribution in [0.5, 0.6) is 0 Å². The van der Waals surface area contributed by atoms with E-state index in [0.717, 1.165) is 55.5 Å². The van der Waals surface area contributed by atoms with Crippen LogP contribution in [-0.2, 0) is 16.2 Å². The Kier molecular flexibility index (Phi) is 7.21. The van der Waals surface area contributed by atoms with Crippen LogP contribution in [0.25, 0.3) is 94.2 Å². The minimum Gasteiger partial charge on any atom is -0.456 e. The summed E-state index contributed by atoms with van der Waals surface area (Å²) < 4.78 is 15.8. The van der Waals surface area contributed by atoms with Crippen molar-refractivity contribution in [3.8, 4) is 39.4 Å². The number of hydrogen-bond donors (Lipinski definition) is 0. The number of benzene rings is 8. The number of aromatic nitrogens is 2. The van der Waals surface area contributed by atoms with Crippen LogP contribution in [0.3, 0.4) is 0 Å². The SMILES string of the molecule is CC(C)(C)c1ccc(N2B3c4cc5nc(-c6ccccc6)oc5cc4-n4c5cc6oc7ccccc7c6cc5c5ccc(c3c54)-c3cc4c(cc32)-c2ccc(C(C)(C)C)cc2C4(C)C)cc1. The molecule has 11 aromatic rings. The van der Waals surface area contributed by atoms with E-state index in [0.29, 0.717) is 5.89 Å². The molecule has 1 aliphatic carbocycles. The predicted octanol–water partition coefficient (Wildman–Crippen LogP) is 14.6. The molecule has 3 aromatic heterocycles. The van der Waals surface area contributed by atoms with Crippen LogP contribution in [0.4, 0.5) is 11.4 Å². The molecular formula is C60H48BN3O2. The summed E-state index contributed by atoms with van der Waals surface area (Å²) in [6, 6.07) is 54.2. The van der Waals surface area contributed by atoms with Crippen LogP contribution in [0.2, 0.25) is 0 Å². The lowest BCUT2D eigenvalue weighted by Crippen LogP contribution is -2.60. The van der Waals surface area contributed by atoms with Gasteiger partial charge in [0.25, 0.3) is 0 Å². The average Bonchev–Trinajstić information content (AvgIpc) is 4.04. The van der Waals surface area contributed by atoms with E-state index in [1.807, 2.05) is 24.3 Å². The van der Waals surface area contributed by atoms with E-state index in [9.17, 15) is 0 Å². The fraction of sp³-hybridized carbons (Fsp3) is 0.183. The van der Waals surface area contributed by atoms with Crippen molar-refractivity contribution in [3.63, 3.8) is 0 Å². The van der Waals surface area contributed by atoms with Gasteiger partial charge in [0.05, 0.1) is 11.0 Å². The van der Waals surface area contributed by atoms with Gasteiger partial charge in [-0.15, -0.1) is 0 Å². The van der Waals surface area contributed by atoms with Crippen LogP contribution in [0.15, 0.2) is 154 Å². The first kappa shape index (κ1) is 38.0. The van der Waals surface area contributed by atoms with Crippen LogP contribution >= 0.6 is 0 Å². The van der Waals surface area contributed by atoms with E-state index in [-0.39, 0.29) is 23.1 Å². The molecule has 5 nitrogen and oxygen atoms in total. The number of nitrogens with zero attached hydrogens (tertiary/aromatic N) is 3. The van der Waals surface area contributed by atoms with Crippen LogP contribution < -0.4 is 15.7 Å². The number of para-hydroxylation sites is 1. The van der Waals surface area contributed by atoms with Gasteiger partial charge in [-0.3, -0.25) is 0 Å². The molecule has 2 aliphatic heterocycles. The third-order valence-corrected chi connectivity index (χ3v) is 15.3. The third-order valence-electron chi connectivity index (χ3n) is 15.3. The molecule has 0 N–H and O–H groups in total. The largest absolute Gasteiger partial charge is 0.456 e. The van der Waals surface area contributed by atoms with Gasteiger partial charge in [0.1, 0.15) is 16.7 Å². The first-order valence-corrected chi connectivity index (χ1v) is 23.4. The highest BCUT2D eigenvalue weighted by Crippen LogP contribution is 2.55. The van der Waals surface area contributed by atoms with E-state index in [4.69, 9.17) is 13.8 Å². The van der Waals surface area contributed by atoms with Crippen LogP contribution in [-0.4, -0.2) is 16.4 Å². The average molecular weight is 854 g/mol. The summed E-state index contributed by atoms with van der Waals surface area (Å²) in [5, 5.41) is 4.68. The molecule has 3 aliphatic rings. The maximum atomic E-state index is 6.70. The van der Waals surface area contributed by atoms with E-state index in [2.05, 4.69) is 186 Å². The summed E-state index contributed by atoms with van der Waals surface area (Å²) in [5.74, 6) is 0.618. The molecule has 0 saturated carbocycles. The second kappa shape index (κ2) is 12.5. The highest BCUT2D eigenvalue weighted by atomic mass is 16.3. The zero-order valence-corrected chi connectivity index (χ0v) is 38.6. The van der Waals surface area contributed by atoms with Crippen LogP contribution in [0, 0.1) is 0 Å². The van der Waals surface area contributed by atoms with Crippen molar-refractivity contribution in [3.05, 3.63) is 168 Å². The van der Waals surface area contributed by atoms with Crippen molar-refractivity contribution in [2.75, 3.05) is 4.81 Å². The van der Waals surface area contributed by atoms with Crippen molar-refractivity contribution in [2.45, 2.75) is 71.6 Å². The predicted molar refractivity (Wildman–Crippen MR) is 275 cm³/mol. The van der Waals surface area contributed by atoms with Crippen molar-refractivity contribution in [1.82, 2.24) is 9.55 Å². The molecule has 66 heavy (non-hydrogen) atoms. The van der Waals surface area contributed by atoms with Crippen molar-refractivity contribution in [1.29, 1.82) is 0 Å². The number of furan rings is 1. The van der Waals surface area contributed by atoms with Gasteiger partial charge in [0, 0.05) is 67.3 Å². The Labute approximate surface area is 384 Å². The Morgan fingerprint density at radius 3 is 2.05 bits per heavy atom. The third kappa shape index (κ3) is 4.99. The van der Waals surface area contributed by atoms with Gasteiger partial charge in [-0.05, 0) is 115 Å². The number of hydrogen-bond acceptors (Lipinski definition) is 4. The molecule has 0 atom stereocenters. The Hall–Kier alpha value is -7.31. The lowest BCUT2D eigenvalue weighted by Gasteiger charge is -2.42. The maximum Gasteiger partial charge on any atom is 0.333 e.